The van der Waals surface area contributed by atoms with Crippen molar-refractivity contribution in [1.29, 1.82) is 0 Å². The van der Waals surface area contributed by atoms with E-state index in [9.17, 15) is 0 Å². The van der Waals surface area contributed by atoms with Crippen LogP contribution in [0.2, 0.25) is 0 Å². The molecule has 0 fully saturated rings. The fourth-order valence-electron chi connectivity index (χ4n) is 1.05. The van der Waals surface area contributed by atoms with Crippen molar-refractivity contribution in [2.24, 2.45) is 0 Å². The van der Waals surface area contributed by atoms with Crippen molar-refractivity contribution in [3.63, 3.8) is 0 Å². The summed E-state index contributed by atoms with van der Waals surface area (Å²) in [6.07, 6.45) is 7.35. The van der Waals surface area contributed by atoms with Gasteiger partial charge in [0.05, 0.1) is 24.7 Å². The van der Waals surface area contributed by atoms with Crippen LogP contribution in [-0.4, -0.2) is 18.6 Å². The Labute approximate surface area is 84.8 Å². The highest BCUT2D eigenvalue weighted by Crippen LogP contribution is 2.14. The van der Waals surface area contributed by atoms with Crippen LogP contribution in [0.5, 0.6) is 5.75 Å². The molecule has 1 aromatic rings. The average molecular weight is 192 g/mol. The summed E-state index contributed by atoms with van der Waals surface area (Å²) in [5.74, 6) is 0.806. The molecule has 0 saturated heterocycles. The normalized spacial score (nSPS) is 9.50. The van der Waals surface area contributed by atoms with Gasteiger partial charge < -0.3 is 10.1 Å². The van der Waals surface area contributed by atoms with Crippen molar-refractivity contribution in [1.82, 2.24) is 4.98 Å². The van der Waals surface area contributed by atoms with Gasteiger partial charge in [0, 0.05) is 13.1 Å². The van der Waals surface area contributed by atoms with Crippen molar-refractivity contribution in [2.75, 3.05) is 19.0 Å². The summed E-state index contributed by atoms with van der Waals surface area (Å²) < 4.78 is 5.50. The number of hydrogen-bond donors (Lipinski definition) is 1. The van der Waals surface area contributed by atoms with Gasteiger partial charge in [-0.1, -0.05) is 6.08 Å². The van der Waals surface area contributed by atoms with Gasteiger partial charge in [0.2, 0.25) is 0 Å². The molecule has 3 nitrogen and oxygen atoms in total. The first-order valence-corrected chi connectivity index (χ1v) is 4.73. The molecule has 0 bridgehead atoms. The first kappa shape index (κ1) is 10.6. The molecule has 3 heteroatoms. The molecule has 0 radical (unpaired) electrons. The Balaban J connectivity index is 2.38. The number of nitrogens with one attached hydrogen (secondary N) is 1. The van der Waals surface area contributed by atoms with Crippen LogP contribution in [-0.2, 0) is 0 Å². The third-order valence-electron chi connectivity index (χ3n) is 1.82. The Bertz CT molecular complexity index is 286. The zero-order chi connectivity index (χ0) is 10.2. The van der Waals surface area contributed by atoms with Crippen LogP contribution >= 0.6 is 0 Å². The van der Waals surface area contributed by atoms with Gasteiger partial charge in [-0.3, -0.25) is 4.98 Å². The topological polar surface area (TPSA) is 34.1 Å². The summed E-state index contributed by atoms with van der Waals surface area (Å²) in [6, 6.07) is 1.93. The van der Waals surface area contributed by atoms with Crippen LogP contribution in [0.15, 0.2) is 31.1 Å². The maximum atomic E-state index is 5.50. The van der Waals surface area contributed by atoms with Crippen LogP contribution in [0.25, 0.3) is 0 Å². The maximum Gasteiger partial charge on any atom is 0.139 e. The van der Waals surface area contributed by atoms with Crippen molar-refractivity contribution in [3.8, 4) is 5.75 Å². The zero-order valence-corrected chi connectivity index (χ0v) is 8.49. The van der Waals surface area contributed by atoms with Crippen molar-refractivity contribution in [2.45, 2.75) is 12.8 Å². The molecule has 0 atom stereocenters. The molecule has 76 valence electrons. The third kappa shape index (κ3) is 3.47. The standard InChI is InChI=1S/C11H16N2O/c1-3-4-5-6-14-11-7-10(12-2)8-13-9-11/h3,7-9,12H,1,4-6H2,2H3. The predicted molar refractivity (Wildman–Crippen MR) is 58.7 cm³/mol. The Morgan fingerprint density at radius 3 is 3.14 bits per heavy atom. The SMILES string of the molecule is C=CCCCOc1cncc(NC)c1. The van der Waals surface area contributed by atoms with Gasteiger partial charge in [-0.2, -0.15) is 0 Å². The third-order valence-corrected chi connectivity index (χ3v) is 1.82. The summed E-state index contributed by atoms with van der Waals surface area (Å²) in [4.78, 5) is 4.05. The van der Waals surface area contributed by atoms with Crippen molar-refractivity contribution < 1.29 is 4.74 Å². The number of ether oxygens (including phenoxy) is 1. The summed E-state index contributed by atoms with van der Waals surface area (Å²) in [7, 11) is 1.86. The Hall–Kier alpha value is -1.51. The number of hydrogen-bond acceptors (Lipinski definition) is 3. The van der Waals surface area contributed by atoms with E-state index in [2.05, 4.69) is 16.9 Å². The second-order valence-electron chi connectivity index (χ2n) is 2.94. The highest BCUT2D eigenvalue weighted by Gasteiger charge is 1.95. The molecule has 1 N–H and O–H groups in total. The molecule has 1 aromatic heterocycles. The van der Waals surface area contributed by atoms with Gasteiger partial charge in [0.25, 0.3) is 0 Å². The van der Waals surface area contributed by atoms with E-state index in [4.69, 9.17) is 4.74 Å². The molecule has 0 spiro atoms. The second-order valence-corrected chi connectivity index (χ2v) is 2.94. The van der Waals surface area contributed by atoms with E-state index in [-0.39, 0.29) is 0 Å². The fourth-order valence-corrected chi connectivity index (χ4v) is 1.05. The number of allylic oxidation sites excluding steroid dienone is 1. The van der Waals surface area contributed by atoms with Crippen LogP contribution in [0, 0.1) is 0 Å². The number of nitrogens with zero attached hydrogens (tertiary/aromatic N) is 1. The van der Waals surface area contributed by atoms with Gasteiger partial charge in [-0.25, -0.2) is 0 Å². The lowest BCUT2D eigenvalue weighted by Crippen LogP contribution is -1.98. The molecule has 0 aliphatic rings. The van der Waals surface area contributed by atoms with E-state index >= 15 is 0 Å². The van der Waals surface area contributed by atoms with Crippen molar-refractivity contribution >= 4 is 5.69 Å². The Morgan fingerprint density at radius 1 is 1.57 bits per heavy atom. The minimum atomic E-state index is 0.709. The number of aromatic nitrogens is 1. The minimum Gasteiger partial charge on any atom is -0.492 e. The number of rotatable bonds is 6. The molecular formula is C11H16N2O. The predicted octanol–water partition coefficient (Wildman–Crippen LogP) is 2.47. The lowest BCUT2D eigenvalue weighted by molar-refractivity contribution is 0.311. The summed E-state index contributed by atoms with van der Waals surface area (Å²) in [5, 5.41) is 3.01. The Kier molecular flexibility index (Phi) is 4.55. The number of anilines is 1. The molecule has 0 saturated carbocycles. The first-order chi connectivity index (χ1) is 6.86. The second kappa shape index (κ2) is 6.02. The van der Waals surface area contributed by atoms with Gasteiger partial charge in [-0.15, -0.1) is 6.58 Å². The number of unbranched alkanes of at least 4 members (excludes halogenated alkanes) is 1. The van der Waals surface area contributed by atoms with Gasteiger partial charge in [-0.05, 0) is 12.8 Å². The molecule has 0 aliphatic heterocycles. The smallest absolute Gasteiger partial charge is 0.139 e. The average Bonchev–Trinajstić information content (AvgIpc) is 2.25. The highest BCUT2D eigenvalue weighted by molar-refractivity contribution is 5.44. The molecule has 0 aromatic carbocycles. The van der Waals surface area contributed by atoms with Crippen LogP contribution in [0.4, 0.5) is 5.69 Å². The summed E-state index contributed by atoms with van der Waals surface area (Å²) >= 11 is 0. The molecule has 0 amide bonds. The van der Waals surface area contributed by atoms with Crippen LogP contribution < -0.4 is 10.1 Å². The fraction of sp³-hybridized carbons (Fsp3) is 0.364. The highest BCUT2D eigenvalue weighted by atomic mass is 16.5. The van der Waals surface area contributed by atoms with E-state index in [1.807, 2.05) is 19.2 Å². The monoisotopic (exact) mass is 192 g/mol. The van der Waals surface area contributed by atoms with Crippen LogP contribution in [0.3, 0.4) is 0 Å². The molecule has 0 unspecified atom stereocenters. The molecule has 0 aliphatic carbocycles. The quantitative estimate of drug-likeness (QED) is 0.555. The minimum absolute atomic E-state index is 0.709. The molecule has 1 heterocycles. The molecule has 1 rings (SSSR count). The van der Waals surface area contributed by atoms with E-state index in [0.29, 0.717) is 6.61 Å². The summed E-state index contributed by atoms with van der Waals surface area (Å²) in [6.45, 7) is 4.36. The van der Waals surface area contributed by atoms with E-state index in [0.717, 1.165) is 24.3 Å². The van der Waals surface area contributed by atoms with E-state index in [1.165, 1.54) is 0 Å². The first-order valence-electron chi connectivity index (χ1n) is 4.73. The summed E-state index contributed by atoms with van der Waals surface area (Å²) in [5.41, 5.74) is 0.964. The van der Waals surface area contributed by atoms with Gasteiger partial charge in [0.15, 0.2) is 0 Å². The number of pyridine rings is 1. The lowest BCUT2D eigenvalue weighted by atomic mass is 10.3. The van der Waals surface area contributed by atoms with E-state index < -0.39 is 0 Å². The molecule has 14 heavy (non-hydrogen) atoms. The largest absolute Gasteiger partial charge is 0.492 e. The Morgan fingerprint density at radius 2 is 2.43 bits per heavy atom. The van der Waals surface area contributed by atoms with E-state index in [1.54, 1.807) is 12.4 Å². The lowest BCUT2D eigenvalue weighted by Gasteiger charge is -2.06. The maximum absolute atomic E-state index is 5.50. The zero-order valence-electron chi connectivity index (χ0n) is 8.49. The van der Waals surface area contributed by atoms with Crippen molar-refractivity contribution in [3.05, 3.63) is 31.1 Å². The van der Waals surface area contributed by atoms with Gasteiger partial charge >= 0.3 is 0 Å². The van der Waals surface area contributed by atoms with Gasteiger partial charge in [0.1, 0.15) is 5.75 Å². The molecular weight excluding hydrogens is 176 g/mol. The van der Waals surface area contributed by atoms with Crippen LogP contribution in [0.1, 0.15) is 12.8 Å².